The van der Waals surface area contributed by atoms with Crippen LogP contribution in [0.4, 0.5) is 4.79 Å². The zero-order chi connectivity index (χ0) is 32.5. The second-order valence-electron chi connectivity index (χ2n) is 10.4. The first-order valence-electron chi connectivity index (χ1n) is 15.4. The summed E-state index contributed by atoms with van der Waals surface area (Å²) in [6.45, 7) is 6.09. The smallest absolute Gasteiger partial charge is 0.407 e. The van der Waals surface area contributed by atoms with Crippen molar-refractivity contribution in [2.24, 2.45) is 0 Å². The third-order valence-electron chi connectivity index (χ3n) is 7.12. The van der Waals surface area contributed by atoms with Gasteiger partial charge in [-0.1, -0.05) is 66.2 Å². The van der Waals surface area contributed by atoms with Gasteiger partial charge >= 0.3 is 6.09 Å². The van der Waals surface area contributed by atoms with Gasteiger partial charge in [0.25, 0.3) is 10.1 Å². The minimum atomic E-state index is -3.78. The Morgan fingerprint density at radius 2 is 1.09 bits per heavy atom. The van der Waals surface area contributed by atoms with Gasteiger partial charge in [-0.3, -0.25) is 4.18 Å². The maximum Gasteiger partial charge on any atom is 0.407 e. The molecule has 1 amide bonds. The summed E-state index contributed by atoms with van der Waals surface area (Å²) in [5.41, 5.74) is 5.71. The normalized spacial score (nSPS) is 12.5. The molecule has 46 heavy (non-hydrogen) atoms. The molecule has 250 valence electrons. The lowest BCUT2D eigenvalue weighted by Crippen LogP contribution is -2.29. The summed E-state index contributed by atoms with van der Waals surface area (Å²) in [4.78, 5) is 12.3. The van der Waals surface area contributed by atoms with Crippen molar-refractivity contribution in [3.05, 3.63) is 89.5 Å². The van der Waals surface area contributed by atoms with Crippen molar-refractivity contribution in [2.45, 2.75) is 17.7 Å². The first-order valence-corrected chi connectivity index (χ1v) is 16.8. The summed E-state index contributed by atoms with van der Waals surface area (Å²) < 4.78 is 61.9. The number of amides is 1. The maximum absolute atomic E-state index is 12.2. The molecule has 0 saturated heterocycles. The molecule has 0 fully saturated rings. The topological polar surface area (TPSA) is 128 Å². The molecular weight excluding hydrogens is 614 g/mol. The predicted molar refractivity (Wildman–Crippen MR) is 171 cm³/mol. The highest BCUT2D eigenvalue weighted by Gasteiger charge is 2.28. The van der Waals surface area contributed by atoms with Crippen molar-refractivity contribution in [3.63, 3.8) is 0 Å². The molecule has 3 aromatic rings. The molecule has 0 atom stereocenters. The number of nitrogens with one attached hydrogen (secondary N) is 1. The molecule has 0 aliphatic heterocycles. The highest BCUT2D eigenvalue weighted by molar-refractivity contribution is 7.86. The molecule has 1 N–H and O–H groups in total. The number of rotatable bonds is 22. The number of hydrogen-bond donors (Lipinski definition) is 1. The summed E-state index contributed by atoms with van der Waals surface area (Å²) in [6.07, 6.45) is -0.466. The van der Waals surface area contributed by atoms with Crippen LogP contribution in [0.5, 0.6) is 0 Å². The Labute approximate surface area is 271 Å². The van der Waals surface area contributed by atoms with E-state index in [2.05, 4.69) is 29.6 Å². The highest BCUT2D eigenvalue weighted by Crippen LogP contribution is 2.44. The van der Waals surface area contributed by atoms with Gasteiger partial charge < -0.3 is 33.7 Å². The van der Waals surface area contributed by atoms with E-state index in [4.69, 9.17) is 32.6 Å². The summed E-state index contributed by atoms with van der Waals surface area (Å²) in [5, 5.41) is 2.73. The summed E-state index contributed by atoms with van der Waals surface area (Å²) in [5.74, 6) is 0.0281. The fraction of sp³-hybridized carbons (Fsp3) is 0.441. The fourth-order valence-corrected chi connectivity index (χ4v) is 5.73. The standard InChI is InChI=1S/C34H43NO10S/c1-27-10-12-28(13-11-27)46(37,38)45-25-24-43-23-22-42-21-20-41-19-18-40-17-16-39-15-14-35-34(36)44-26-33-31-8-4-2-6-29(31)30-7-3-5-9-32(30)33/h2-13,33H,14-26H2,1H3,(H,35,36). The molecule has 0 spiro atoms. The zero-order valence-corrected chi connectivity index (χ0v) is 27.0. The molecule has 0 unspecified atom stereocenters. The number of fused-ring (bicyclic) bond motifs is 3. The lowest BCUT2D eigenvalue weighted by molar-refractivity contribution is -0.0123. The Bertz CT molecular complexity index is 1400. The number of hydrogen-bond acceptors (Lipinski definition) is 10. The summed E-state index contributed by atoms with van der Waals surface area (Å²) in [6, 6.07) is 22.9. The van der Waals surface area contributed by atoms with E-state index < -0.39 is 16.2 Å². The van der Waals surface area contributed by atoms with E-state index in [1.54, 1.807) is 12.1 Å². The van der Waals surface area contributed by atoms with E-state index in [0.29, 0.717) is 66.0 Å². The van der Waals surface area contributed by atoms with Crippen LogP contribution >= 0.6 is 0 Å². The van der Waals surface area contributed by atoms with Crippen molar-refractivity contribution >= 4 is 16.2 Å². The molecular formula is C34H43NO10S. The van der Waals surface area contributed by atoms with E-state index >= 15 is 0 Å². The number of benzene rings is 3. The first-order chi connectivity index (χ1) is 22.5. The molecule has 11 nitrogen and oxygen atoms in total. The van der Waals surface area contributed by atoms with E-state index in [0.717, 1.165) is 5.56 Å². The molecule has 0 bridgehead atoms. The molecule has 1 aliphatic carbocycles. The van der Waals surface area contributed by atoms with Crippen LogP contribution in [0.25, 0.3) is 11.1 Å². The van der Waals surface area contributed by atoms with Gasteiger partial charge in [-0.2, -0.15) is 8.42 Å². The number of carbonyl (C=O) groups excluding carboxylic acids is 1. The summed E-state index contributed by atoms with van der Waals surface area (Å²) >= 11 is 0. The van der Waals surface area contributed by atoms with Crippen LogP contribution in [0, 0.1) is 6.92 Å². The molecule has 12 heteroatoms. The average molecular weight is 658 g/mol. The lowest BCUT2D eigenvalue weighted by atomic mass is 9.98. The number of alkyl carbamates (subject to hydrolysis) is 1. The Morgan fingerprint density at radius 1 is 0.630 bits per heavy atom. The van der Waals surface area contributed by atoms with Crippen LogP contribution in [-0.2, 0) is 42.7 Å². The second kappa shape index (κ2) is 19.3. The number of carbonyl (C=O) groups is 1. The Balaban J connectivity index is 0.891. The number of aryl methyl sites for hydroxylation is 1. The molecule has 3 aromatic carbocycles. The van der Waals surface area contributed by atoms with Gasteiger partial charge in [0.05, 0.1) is 77.6 Å². The third-order valence-corrected chi connectivity index (χ3v) is 8.45. The number of ether oxygens (including phenoxy) is 6. The third kappa shape index (κ3) is 11.5. The van der Waals surface area contributed by atoms with Crippen LogP contribution in [-0.4, -0.2) is 100 Å². The molecule has 0 heterocycles. The Hall–Kier alpha value is -3.36. The molecule has 1 aliphatic rings. The Kier molecular flexibility index (Phi) is 14.9. The molecule has 0 saturated carbocycles. The average Bonchev–Trinajstić information content (AvgIpc) is 3.38. The van der Waals surface area contributed by atoms with Crippen LogP contribution in [0.2, 0.25) is 0 Å². The lowest BCUT2D eigenvalue weighted by Gasteiger charge is -2.14. The van der Waals surface area contributed by atoms with Crippen LogP contribution in [0.3, 0.4) is 0 Å². The van der Waals surface area contributed by atoms with Gasteiger partial charge in [0.1, 0.15) is 6.61 Å². The maximum atomic E-state index is 12.2. The van der Waals surface area contributed by atoms with Gasteiger partial charge in [0.15, 0.2) is 0 Å². The van der Waals surface area contributed by atoms with E-state index in [1.165, 1.54) is 34.4 Å². The zero-order valence-electron chi connectivity index (χ0n) is 26.2. The van der Waals surface area contributed by atoms with Crippen molar-refractivity contribution < 1.29 is 45.8 Å². The summed E-state index contributed by atoms with van der Waals surface area (Å²) in [7, 11) is -3.78. The van der Waals surface area contributed by atoms with Crippen LogP contribution in [0.15, 0.2) is 77.7 Å². The van der Waals surface area contributed by atoms with Crippen molar-refractivity contribution in [1.82, 2.24) is 5.32 Å². The van der Waals surface area contributed by atoms with Gasteiger partial charge in [-0.05, 0) is 41.3 Å². The van der Waals surface area contributed by atoms with Gasteiger partial charge in [-0.25, -0.2) is 4.79 Å². The largest absolute Gasteiger partial charge is 0.449 e. The fourth-order valence-electron chi connectivity index (χ4n) is 4.83. The van der Waals surface area contributed by atoms with Gasteiger partial charge in [0.2, 0.25) is 0 Å². The molecule has 4 rings (SSSR count). The Morgan fingerprint density at radius 3 is 1.61 bits per heavy atom. The van der Waals surface area contributed by atoms with Crippen molar-refractivity contribution in [2.75, 3.05) is 85.8 Å². The molecule has 0 radical (unpaired) electrons. The first kappa shape index (κ1) is 35.5. The van der Waals surface area contributed by atoms with Gasteiger partial charge in [-0.15, -0.1) is 0 Å². The predicted octanol–water partition coefficient (Wildman–Crippen LogP) is 4.32. The van der Waals surface area contributed by atoms with Crippen LogP contribution in [0.1, 0.15) is 22.6 Å². The minimum absolute atomic E-state index is 0.0281. The monoisotopic (exact) mass is 657 g/mol. The van der Waals surface area contributed by atoms with Crippen molar-refractivity contribution in [1.29, 1.82) is 0 Å². The quantitative estimate of drug-likeness (QED) is 0.123. The SMILES string of the molecule is Cc1ccc(S(=O)(=O)OCCOCCOCCOCCOCCOCCNC(=O)OCC2c3ccccc3-c3ccccc32)cc1. The van der Waals surface area contributed by atoms with Crippen molar-refractivity contribution in [3.8, 4) is 11.1 Å². The van der Waals surface area contributed by atoms with E-state index in [9.17, 15) is 13.2 Å². The van der Waals surface area contributed by atoms with E-state index in [1.807, 2.05) is 31.2 Å². The second-order valence-corrected chi connectivity index (χ2v) is 12.0. The molecule has 0 aromatic heterocycles. The van der Waals surface area contributed by atoms with E-state index in [-0.39, 0.29) is 30.6 Å². The highest BCUT2D eigenvalue weighted by atomic mass is 32.2. The van der Waals surface area contributed by atoms with Gasteiger partial charge in [0, 0.05) is 12.5 Å². The van der Waals surface area contributed by atoms with Crippen LogP contribution < -0.4 is 5.32 Å². The minimum Gasteiger partial charge on any atom is -0.449 e.